The summed E-state index contributed by atoms with van der Waals surface area (Å²) < 4.78 is 7.58. The van der Waals surface area contributed by atoms with Crippen molar-refractivity contribution in [1.29, 1.82) is 0 Å². The highest BCUT2D eigenvalue weighted by Gasteiger charge is 2.13. The predicted octanol–water partition coefficient (Wildman–Crippen LogP) is 4.63. The minimum absolute atomic E-state index is 0. The molecule has 0 aliphatic carbocycles. The maximum Gasteiger partial charge on any atom is 0.226 e. The molecule has 32 heavy (non-hydrogen) atoms. The molecule has 0 fully saturated rings. The molecule has 4 rings (SSSR count). The number of aromatic nitrogens is 3. The molecule has 0 saturated heterocycles. The van der Waals surface area contributed by atoms with E-state index in [0.717, 1.165) is 33.9 Å². The topological polar surface area (TPSA) is 80.3 Å². The van der Waals surface area contributed by atoms with Gasteiger partial charge in [-0.2, -0.15) is 5.10 Å². The van der Waals surface area contributed by atoms with Crippen molar-refractivity contribution in [2.45, 2.75) is 26.9 Å². The molecule has 0 spiro atoms. The number of hydrogen-bond donors (Lipinski definition) is 2. The highest BCUT2D eigenvalue weighted by Crippen LogP contribution is 2.19. The molecule has 0 atom stereocenters. The van der Waals surface area contributed by atoms with Crippen molar-refractivity contribution < 1.29 is 4.42 Å². The van der Waals surface area contributed by atoms with Crippen LogP contribution in [0.15, 0.2) is 76.3 Å². The molecule has 166 valence electrons. The van der Waals surface area contributed by atoms with Crippen LogP contribution in [0.3, 0.4) is 0 Å². The van der Waals surface area contributed by atoms with E-state index >= 15 is 0 Å². The lowest BCUT2D eigenvalue weighted by Crippen LogP contribution is -2.36. The van der Waals surface area contributed by atoms with Gasteiger partial charge in [-0.05, 0) is 38.1 Å². The van der Waals surface area contributed by atoms with Crippen LogP contribution in [-0.4, -0.2) is 27.8 Å². The first-order chi connectivity index (χ1) is 15.2. The van der Waals surface area contributed by atoms with Crippen molar-refractivity contribution in [3.8, 4) is 17.1 Å². The van der Waals surface area contributed by atoms with E-state index in [1.807, 2.05) is 60.1 Å². The third-order valence-corrected chi connectivity index (χ3v) is 5.11. The number of rotatable bonds is 6. The summed E-state index contributed by atoms with van der Waals surface area (Å²) in [5, 5.41) is 11.4. The fourth-order valence-electron chi connectivity index (χ4n) is 3.42. The van der Waals surface area contributed by atoms with E-state index in [-0.39, 0.29) is 24.0 Å². The summed E-state index contributed by atoms with van der Waals surface area (Å²) in [4.78, 5) is 8.86. The molecule has 2 aromatic heterocycles. The Labute approximate surface area is 205 Å². The van der Waals surface area contributed by atoms with Crippen LogP contribution < -0.4 is 10.6 Å². The Bertz CT molecular complexity index is 1170. The molecule has 2 aromatic carbocycles. The van der Waals surface area contributed by atoms with Crippen molar-refractivity contribution in [3.05, 3.63) is 89.6 Å². The number of nitrogens with zero attached hydrogens (tertiary/aromatic N) is 4. The molecule has 0 radical (unpaired) electrons. The summed E-state index contributed by atoms with van der Waals surface area (Å²) in [5.41, 5.74) is 6.07. The lowest BCUT2D eigenvalue weighted by molar-refractivity contribution is 0.572. The fourth-order valence-corrected chi connectivity index (χ4v) is 3.42. The van der Waals surface area contributed by atoms with Crippen LogP contribution in [0.4, 0.5) is 0 Å². The number of para-hydroxylation sites is 1. The highest BCUT2D eigenvalue weighted by molar-refractivity contribution is 14.0. The normalized spacial score (nSPS) is 11.2. The molecule has 0 aliphatic rings. The molecule has 0 amide bonds. The Morgan fingerprint density at radius 2 is 1.62 bits per heavy atom. The Morgan fingerprint density at radius 3 is 2.31 bits per heavy atom. The molecule has 2 N–H and O–H groups in total. The third kappa shape index (κ3) is 5.37. The van der Waals surface area contributed by atoms with Gasteiger partial charge in [0, 0.05) is 30.4 Å². The molecule has 0 saturated carbocycles. The molecule has 7 nitrogen and oxygen atoms in total. The summed E-state index contributed by atoms with van der Waals surface area (Å²) >= 11 is 0. The third-order valence-electron chi connectivity index (χ3n) is 5.11. The predicted molar refractivity (Wildman–Crippen MR) is 137 cm³/mol. The van der Waals surface area contributed by atoms with Gasteiger partial charge >= 0.3 is 0 Å². The largest absolute Gasteiger partial charge is 0.444 e. The van der Waals surface area contributed by atoms with Crippen LogP contribution in [0, 0.1) is 13.8 Å². The smallest absolute Gasteiger partial charge is 0.226 e. The molecule has 0 aliphatic heterocycles. The molecular weight excluding hydrogens is 515 g/mol. The number of oxazole rings is 1. The van der Waals surface area contributed by atoms with Gasteiger partial charge in [0.15, 0.2) is 5.96 Å². The Kier molecular flexibility index (Phi) is 8.04. The zero-order valence-corrected chi connectivity index (χ0v) is 20.7. The van der Waals surface area contributed by atoms with Gasteiger partial charge in [0.2, 0.25) is 5.89 Å². The van der Waals surface area contributed by atoms with Gasteiger partial charge in [-0.3, -0.25) is 4.99 Å². The highest BCUT2D eigenvalue weighted by atomic mass is 127. The van der Waals surface area contributed by atoms with Crippen LogP contribution in [0.25, 0.3) is 17.1 Å². The van der Waals surface area contributed by atoms with Crippen molar-refractivity contribution in [2.24, 2.45) is 4.99 Å². The maximum absolute atomic E-state index is 5.60. The molecule has 4 aromatic rings. The van der Waals surface area contributed by atoms with Crippen LogP contribution in [-0.2, 0) is 13.1 Å². The number of guanidine groups is 1. The number of halogens is 1. The van der Waals surface area contributed by atoms with Gasteiger partial charge in [-0.25, -0.2) is 9.67 Å². The van der Waals surface area contributed by atoms with E-state index in [1.54, 1.807) is 13.3 Å². The summed E-state index contributed by atoms with van der Waals surface area (Å²) in [6, 6.07) is 20.0. The minimum atomic E-state index is 0. The molecule has 0 unspecified atom stereocenters. The number of benzene rings is 2. The standard InChI is InChI=1S/C24H26N6O.HI/c1-17-22(18(2)30(29-17)21-12-8-5-9-13-21)15-27-24(25-3)26-14-20-16-31-23(28-20)19-10-6-4-7-11-19;/h4-13,16H,14-15H2,1-3H3,(H2,25,26,27);1H. The maximum atomic E-state index is 5.60. The molecule has 8 heteroatoms. The van der Waals surface area contributed by atoms with Crippen LogP contribution in [0.5, 0.6) is 0 Å². The van der Waals surface area contributed by atoms with E-state index in [2.05, 4.69) is 39.7 Å². The van der Waals surface area contributed by atoms with Gasteiger partial charge in [-0.1, -0.05) is 36.4 Å². The van der Waals surface area contributed by atoms with E-state index in [4.69, 9.17) is 9.52 Å². The second kappa shape index (κ2) is 10.9. The lowest BCUT2D eigenvalue weighted by atomic mass is 10.2. The van der Waals surface area contributed by atoms with Crippen molar-refractivity contribution in [1.82, 2.24) is 25.4 Å². The van der Waals surface area contributed by atoms with Crippen LogP contribution in [0.2, 0.25) is 0 Å². The van der Waals surface area contributed by atoms with Gasteiger partial charge in [0.05, 0.1) is 23.6 Å². The first-order valence-corrected chi connectivity index (χ1v) is 10.2. The number of aliphatic imine (C=N–C) groups is 1. The number of nitrogens with one attached hydrogen (secondary N) is 2. The van der Waals surface area contributed by atoms with Crippen LogP contribution in [0.1, 0.15) is 22.6 Å². The van der Waals surface area contributed by atoms with Gasteiger partial charge in [-0.15, -0.1) is 24.0 Å². The summed E-state index contributed by atoms with van der Waals surface area (Å²) in [6.07, 6.45) is 1.67. The average Bonchev–Trinajstić information content (AvgIpc) is 3.40. The van der Waals surface area contributed by atoms with E-state index < -0.39 is 0 Å². The quantitative estimate of drug-likeness (QED) is 0.211. The Balaban J connectivity index is 0.00000289. The van der Waals surface area contributed by atoms with Crippen LogP contribution >= 0.6 is 24.0 Å². The Hall–Kier alpha value is -3.14. The molecular formula is C24H27IN6O. The van der Waals surface area contributed by atoms with Gasteiger partial charge < -0.3 is 15.1 Å². The van der Waals surface area contributed by atoms with Gasteiger partial charge in [0.1, 0.15) is 6.26 Å². The van der Waals surface area contributed by atoms with Crippen molar-refractivity contribution >= 4 is 29.9 Å². The summed E-state index contributed by atoms with van der Waals surface area (Å²) in [6.45, 7) is 5.25. The zero-order valence-electron chi connectivity index (χ0n) is 18.4. The first-order valence-electron chi connectivity index (χ1n) is 10.2. The van der Waals surface area contributed by atoms with Crippen molar-refractivity contribution in [3.63, 3.8) is 0 Å². The first kappa shape index (κ1) is 23.5. The second-order valence-electron chi connectivity index (χ2n) is 7.19. The van der Waals surface area contributed by atoms with E-state index in [9.17, 15) is 0 Å². The van der Waals surface area contributed by atoms with Crippen molar-refractivity contribution in [2.75, 3.05) is 7.05 Å². The second-order valence-corrected chi connectivity index (χ2v) is 7.19. The number of aryl methyl sites for hydroxylation is 1. The monoisotopic (exact) mass is 542 g/mol. The SMILES string of the molecule is CN=C(NCc1coc(-c2ccccc2)n1)NCc1c(C)nn(-c2ccccc2)c1C.I. The lowest BCUT2D eigenvalue weighted by Gasteiger charge is -2.11. The fraction of sp³-hybridized carbons (Fsp3) is 0.208. The Morgan fingerprint density at radius 1 is 0.969 bits per heavy atom. The van der Waals surface area contributed by atoms with E-state index in [1.165, 1.54) is 0 Å². The van der Waals surface area contributed by atoms with Gasteiger partial charge in [0.25, 0.3) is 0 Å². The van der Waals surface area contributed by atoms with E-state index in [0.29, 0.717) is 24.9 Å². The minimum Gasteiger partial charge on any atom is -0.444 e. The zero-order chi connectivity index (χ0) is 21.6. The molecule has 2 heterocycles. The number of hydrogen-bond acceptors (Lipinski definition) is 4. The summed E-state index contributed by atoms with van der Waals surface area (Å²) in [7, 11) is 1.75. The average molecular weight is 542 g/mol. The summed E-state index contributed by atoms with van der Waals surface area (Å²) in [5.74, 6) is 1.30. The molecule has 0 bridgehead atoms.